The molecule has 1 aliphatic carbocycles. The fraction of sp³-hybridized carbons (Fsp3) is 0.474. The Hall–Kier alpha value is -1.72. The van der Waals surface area contributed by atoms with Crippen LogP contribution in [0.15, 0.2) is 23.3 Å². The third kappa shape index (κ3) is 3.52. The molecule has 0 saturated heterocycles. The monoisotopic (exact) mass is 343 g/mol. The number of hydrogen-bond acceptors (Lipinski definition) is 4. The molecule has 24 heavy (non-hydrogen) atoms. The SMILES string of the molecule is C=c1/c(=C\C=C/CN(C)C)sc2c(=O)n(C3CCCCC3)cnc12. The van der Waals surface area contributed by atoms with Crippen LogP contribution in [-0.4, -0.2) is 35.1 Å². The van der Waals surface area contributed by atoms with E-state index in [4.69, 9.17) is 0 Å². The van der Waals surface area contributed by atoms with E-state index in [0.717, 1.165) is 39.4 Å². The Morgan fingerprint density at radius 2 is 2.12 bits per heavy atom. The Balaban J connectivity index is 2.00. The molecule has 1 saturated carbocycles. The first-order valence-corrected chi connectivity index (χ1v) is 9.39. The van der Waals surface area contributed by atoms with Gasteiger partial charge in [-0.05, 0) is 33.0 Å². The van der Waals surface area contributed by atoms with Crippen molar-refractivity contribution in [1.29, 1.82) is 0 Å². The highest BCUT2D eigenvalue weighted by atomic mass is 32.1. The number of likely N-dealkylation sites (N-methyl/N-ethyl adjacent to an activating group) is 1. The molecule has 5 heteroatoms. The second kappa shape index (κ2) is 7.45. The van der Waals surface area contributed by atoms with Gasteiger partial charge in [0.05, 0.1) is 11.8 Å². The predicted octanol–water partition coefficient (Wildman–Crippen LogP) is 2.27. The molecule has 2 heterocycles. The van der Waals surface area contributed by atoms with Gasteiger partial charge in [-0.1, -0.05) is 38.0 Å². The Bertz CT molecular complexity index is 901. The molecule has 4 nitrogen and oxygen atoms in total. The van der Waals surface area contributed by atoms with Gasteiger partial charge in [-0.3, -0.25) is 9.36 Å². The molecule has 0 N–H and O–H groups in total. The highest BCUT2D eigenvalue weighted by Gasteiger charge is 2.18. The summed E-state index contributed by atoms with van der Waals surface area (Å²) in [4.78, 5) is 19.5. The van der Waals surface area contributed by atoms with Gasteiger partial charge in [-0.15, -0.1) is 11.3 Å². The summed E-state index contributed by atoms with van der Waals surface area (Å²) < 4.78 is 3.61. The topological polar surface area (TPSA) is 38.1 Å². The summed E-state index contributed by atoms with van der Waals surface area (Å²) in [5.41, 5.74) is 0.850. The van der Waals surface area contributed by atoms with E-state index in [-0.39, 0.29) is 5.56 Å². The van der Waals surface area contributed by atoms with Crippen LogP contribution in [0.5, 0.6) is 0 Å². The van der Waals surface area contributed by atoms with E-state index in [9.17, 15) is 4.79 Å². The second-order valence-electron chi connectivity index (χ2n) is 6.73. The van der Waals surface area contributed by atoms with E-state index in [1.54, 1.807) is 6.33 Å². The van der Waals surface area contributed by atoms with Gasteiger partial charge in [0.1, 0.15) is 4.70 Å². The zero-order valence-corrected chi connectivity index (χ0v) is 15.3. The molecule has 0 unspecified atom stereocenters. The lowest BCUT2D eigenvalue weighted by molar-refractivity contribution is 0.345. The van der Waals surface area contributed by atoms with Crippen LogP contribution in [0.2, 0.25) is 0 Å². The highest BCUT2D eigenvalue weighted by molar-refractivity contribution is 7.16. The van der Waals surface area contributed by atoms with E-state index in [1.165, 1.54) is 30.6 Å². The molecule has 1 aliphatic rings. The molecule has 0 bridgehead atoms. The maximum absolute atomic E-state index is 12.9. The van der Waals surface area contributed by atoms with Crippen molar-refractivity contribution in [2.75, 3.05) is 20.6 Å². The number of aromatic nitrogens is 2. The molecular formula is C19H25N3OS. The molecule has 2 aromatic rings. The van der Waals surface area contributed by atoms with E-state index >= 15 is 0 Å². The Morgan fingerprint density at radius 1 is 1.38 bits per heavy atom. The number of allylic oxidation sites excluding steroid dienone is 1. The molecule has 0 amide bonds. The second-order valence-corrected chi connectivity index (χ2v) is 7.78. The predicted molar refractivity (Wildman–Crippen MR) is 103 cm³/mol. The van der Waals surface area contributed by atoms with E-state index in [1.807, 2.05) is 30.8 Å². The van der Waals surface area contributed by atoms with Gasteiger partial charge in [-0.2, -0.15) is 0 Å². The maximum atomic E-state index is 12.9. The summed E-state index contributed by atoms with van der Waals surface area (Å²) in [6.45, 7) is 5.02. The van der Waals surface area contributed by atoms with Crippen molar-refractivity contribution < 1.29 is 0 Å². The number of rotatable bonds is 4. The average molecular weight is 343 g/mol. The van der Waals surface area contributed by atoms with Crippen LogP contribution in [0.3, 0.4) is 0 Å². The van der Waals surface area contributed by atoms with Crippen LogP contribution in [0, 0.1) is 0 Å². The fourth-order valence-electron chi connectivity index (χ4n) is 3.23. The van der Waals surface area contributed by atoms with E-state index < -0.39 is 0 Å². The zero-order valence-electron chi connectivity index (χ0n) is 14.5. The van der Waals surface area contributed by atoms with Crippen molar-refractivity contribution in [3.05, 3.63) is 38.6 Å². The van der Waals surface area contributed by atoms with Crippen LogP contribution >= 0.6 is 11.3 Å². The van der Waals surface area contributed by atoms with Crippen LogP contribution in [0.1, 0.15) is 38.1 Å². The summed E-state index contributed by atoms with van der Waals surface area (Å²) >= 11 is 1.51. The number of hydrogen-bond donors (Lipinski definition) is 0. The number of thiophene rings is 1. The zero-order chi connectivity index (χ0) is 17.1. The molecule has 0 radical (unpaired) electrons. The van der Waals surface area contributed by atoms with Crippen molar-refractivity contribution in [3.63, 3.8) is 0 Å². The highest BCUT2D eigenvalue weighted by Crippen LogP contribution is 2.26. The van der Waals surface area contributed by atoms with Crippen molar-refractivity contribution in [2.24, 2.45) is 0 Å². The summed E-state index contributed by atoms with van der Waals surface area (Å²) in [6.07, 6.45) is 13.7. The van der Waals surface area contributed by atoms with Crippen LogP contribution in [0.4, 0.5) is 0 Å². The Morgan fingerprint density at radius 3 is 2.83 bits per heavy atom. The lowest BCUT2D eigenvalue weighted by atomic mass is 9.95. The standard InChI is InChI=1S/C19H25N3OS/c1-14-16(11-7-8-12-21(2)3)24-18-17(14)20-13-22(19(18)23)15-9-5-4-6-10-15/h7-8,11,13,15H,1,4-6,9-10,12H2,2-3H3/b8-7-,16-11+. The van der Waals surface area contributed by atoms with Gasteiger partial charge in [0, 0.05) is 22.3 Å². The molecule has 3 rings (SSSR count). The molecule has 0 aromatic carbocycles. The summed E-state index contributed by atoms with van der Waals surface area (Å²) in [5.74, 6) is 0. The van der Waals surface area contributed by atoms with Gasteiger partial charge < -0.3 is 4.90 Å². The minimum atomic E-state index is 0.0960. The van der Waals surface area contributed by atoms with E-state index in [2.05, 4.69) is 22.5 Å². The number of nitrogens with zero attached hydrogens (tertiary/aromatic N) is 3. The first kappa shape index (κ1) is 17.1. The molecular weight excluding hydrogens is 318 g/mol. The van der Waals surface area contributed by atoms with Gasteiger partial charge in [0.2, 0.25) is 0 Å². The molecule has 128 valence electrons. The van der Waals surface area contributed by atoms with Crippen molar-refractivity contribution in [3.8, 4) is 0 Å². The molecule has 0 spiro atoms. The van der Waals surface area contributed by atoms with Crippen LogP contribution in [0.25, 0.3) is 22.9 Å². The third-order valence-corrected chi connectivity index (χ3v) is 5.75. The smallest absolute Gasteiger partial charge is 0.271 e. The third-order valence-electron chi connectivity index (χ3n) is 4.57. The van der Waals surface area contributed by atoms with Gasteiger partial charge in [0.25, 0.3) is 5.56 Å². The van der Waals surface area contributed by atoms with Gasteiger partial charge >= 0.3 is 0 Å². The minimum Gasteiger partial charge on any atom is -0.306 e. The van der Waals surface area contributed by atoms with Crippen molar-refractivity contribution in [1.82, 2.24) is 14.5 Å². The normalized spacial score (nSPS) is 17.5. The molecule has 1 fully saturated rings. The summed E-state index contributed by atoms with van der Waals surface area (Å²) in [5, 5.41) is 0.859. The minimum absolute atomic E-state index is 0.0960. The first-order valence-electron chi connectivity index (χ1n) is 8.58. The van der Waals surface area contributed by atoms with Crippen LogP contribution < -0.4 is 15.3 Å². The largest absolute Gasteiger partial charge is 0.306 e. The lowest BCUT2D eigenvalue weighted by Gasteiger charge is -2.23. The van der Waals surface area contributed by atoms with Gasteiger partial charge in [0.15, 0.2) is 0 Å². The quantitative estimate of drug-likeness (QED) is 0.855. The maximum Gasteiger partial charge on any atom is 0.271 e. The number of fused-ring (bicyclic) bond motifs is 1. The molecule has 0 aliphatic heterocycles. The molecule has 2 aromatic heterocycles. The van der Waals surface area contributed by atoms with Crippen LogP contribution in [-0.2, 0) is 0 Å². The summed E-state index contributed by atoms with van der Waals surface area (Å²) in [7, 11) is 4.07. The van der Waals surface area contributed by atoms with Crippen molar-refractivity contribution in [2.45, 2.75) is 38.1 Å². The Kier molecular flexibility index (Phi) is 5.31. The lowest BCUT2D eigenvalue weighted by Crippen LogP contribution is -2.26. The molecule has 0 atom stereocenters. The van der Waals surface area contributed by atoms with Gasteiger partial charge in [-0.25, -0.2) is 4.98 Å². The first-order chi connectivity index (χ1) is 11.6. The average Bonchev–Trinajstić information content (AvgIpc) is 2.90. The fourth-order valence-corrected chi connectivity index (χ4v) is 4.28. The summed E-state index contributed by atoms with van der Waals surface area (Å²) in [6, 6.07) is 0.311. The Labute approximate surface area is 146 Å². The van der Waals surface area contributed by atoms with Crippen molar-refractivity contribution >= 4 is 34.2 Å². The van der Waals surface area contributed by atoms with E-state index in [0.29, 0.717) is 6.04 Å².